The highest BCUT2D eigenvalue weighted by atomic mass is 32.1. The highest BCUT2D eigenvalue weighted by molar-refractivity contribution is 7.11. The number of ether oxygens (including phenoxy) is 1. The fourth-order valence-corrected chi connectivity index (χ4v) is 4.00. The van der Waals surface area contributed by atoms with Crippen LogP contribution >= 0.6 is 11.3 Å². The van der Waals surface area contributed by atoms with Crippen LogP contribution in [-0.4, -0.2) is 11.6 Å². The number of nitriles is 1. The first kappa shape index (κ1) is 23.1. The second kappa shape index (κ2) is 9.41. The van der Waals surface area contributed by atoms with Gasteiger partial charge in [-0.3, -0.25) is 0 Å². The fourth-order valence-electron chi connectivity index (χ4n) is 3.20. The fraction of sp³-hybridized carbons (Fsp3) is 0.125. The van der Waals surface area contributed by atoms with Gasteiger partial charge >= 0.3 is 11.8 Å². The number of hydrogen-bond donors (Lipinski definition) is 1. The Labute approximate surface area is 195 Å². The van der Waals surface area contributed by atoms with Crippen molar-refractivity contribution in [2.75, 3.05) is 11.9 Å². The molecule has 0 bridgehead atoms. The van der Waals surface area contributed by atoms with E-state index in [0.29, 0.717) is 29.1 Å². The minimum atomic E-state index is -4.69. The summed E-state index contributed by atoms with van der Waals surface area (Å²) in [6.45, 7) is 2.47. The van der Waals surface area contributed by atoms with Gasteiger partial charge in [0.1, 0.15) is 28.0 Å². The van der Waals surface area contributed by atoms with E-state index >= 15 is 0 Å². The van der Waals surface area contributed by atoms with Crippen LogP contribution in [-0.2, 0) is 6.18 Å². The van der Waals surface area contributed by atoms with Crippen LogP contribution in [0.15, 0.2) is 69.3 Å². The molecule has 0 unspecified atom stereocenters. The molecule has 0 saturated heterocycles. The van der Waals surface area contributed by atoms with Crippen LogP contribution in [0.3, 0.4) is 0 Å². The number of rotatable bonds is 6. The molecule has 0 atom stereocenters. The van der Waals surface area contributed by atoms with Crippen molar-refractivity contribution in [3.8, 4) is 23.1 Å². The monoisotopic (exact) mass is 483 g/mol. The second-order valence-corrected chi connectivity index (χ2v) is 7.86. The van der Waals surface area contributed by atoms with Crippen molar-refractivity contribution in [2.24, 2.45) is 0 Å². The van der Waals surface area contributed by atoms with Crippen molar-refractivity contribution in [3.63, 3.8) is 0 Å². The number of nitrogens with one attached hydrogen (secondary N) is 1. The minimum Gasteiger partial charge on any atom is -0.494 e. The summed E-state index contributed by atoms with van der Waals surface area (Å²) in [6.07, 6.45) is -3.30. The van der Waals surface area contributed by atoms with E-state index in [1.807, 2.05) is 36.6 Å². The molecule has 0 radical (unpaired) electrons. The molecule has 0 aliphatic rings. The standard InChI is InChI=1S/C24H16F3N3O3S/c1-2-32-17-6-3-14(4-7-17)20-13-34-23(30-20)15(11-28)12-29-16-5-8-18-19(24(25,26)27)10-22(31)33-21(18)9-16/h3-10,12-13,29H,2H2,1H3/b15-12+. The van der Waals surface area contributed by atoms with Gasteiger partial charge in [0, 0.05) is 40.3 Å². The Morgan fingerprint density at radius 1 is 1.24 bits per heavy atom. The normalized spacial score (nSPS) is 11.9. The molecular formula is C24H16F3N3O3S. The summed E-state index contributed by atoms with van der Waals surface area (Å²) in [4.78, 5) is 16.1. The number of benzene rings is 2. The molecule has 34 heavy (non-hydrogen) atoms. The zero-order chi connectivity index (χ0) is 24.3. The maximum atomic E-state index is 13.2. The molecule has 0 aliphatic carbocycles. The van der Waals surface area contributed by atoms with Crippen molar-refractivity contribution >= 4 is 33.6 Å². The molecule has 172 valence electrons. The largest absolute Gasteiger partial charge is 0.494 e. The van der Waals surface area contributed by atoms with Crippen molar-refractivity contribution in [2.45, 2.75) is 13.1 Å². The predicted octanol–water partition coefficient (Wildman–Crippen LogP) is 6.31. The smallest absolute Gasteiger partial charge is 0.417 e. The number of halogens is 3. The van der Waals surface area contributed by atoms with Crippen molar-refractivity contribution in [1.29, 1.82) is 5.26 Å². The first-order valence-corrected chi connectivity index (χ1v) is 10.9. The van der Waals surface area contributed by atoms with E-state index in [9.17, 15) is 23.2 Å². The van der Waals surface area contributed by atoms with Crippen LogP contribution < -0.4 is 15.7 Å². The summed E-state index contributed by atoms with van der Waals surface area (Å²) < 4.78 is 50.0. The van der Waals surface area contributed by atoms with Crippen LogP contribution in [0.5, 0.6) is 5.75 Å². The zero-order valence-corrected chi connectivity index (χ0v) is 18.5. The maximum absolute atomic E-state index is 13.2. The van der Waals surface area contributed by atoms with Crippen LogP contribution in [0.1, 0.15) is 17.5 Å². The number of aromatic nitrogens is 1. The highest BCUT2D eigenvalue weighted by Gasteiger charge is 2.33. The molecule has 10 heteroatoms. The predicted molar refractivity (Wildman–Crippen MR) is 123 cm³/mol. The number of allylic oxidation sites excluding steroid dienone is 1. The van der Waals surface area contributed by atoms with E-state index in [2.05, 4.69) is 16.4 Å². The highest BCUT2D eigenvalue weighted by Crippen LogP contribution is 2.34. The van der Waals surface area contributed by atoms with Crippen LogP contribution in [0.25, 0.3) is 27.8 Å². The van der Waals surface area contributed by atoms with E-state index in [-0.39, 0.29) is 16.5 Å². The summed E-state index contributed by atoms with van der Waals surface area (Å²) >= 11 is 1.28. The van der Waals surface area contributed by atoms with E-state index in [1.165, 1.54) is 35.7 Å². The number of thiazole rings is 1. The summed E-state index contributed by atoms with van der Waals surface area (Å²) in [5.41, 5.74) is -0.266. The van der Waals surface area contributed by atoms with Crippen LogP contribution in [0.4, 0.5) is 18.9 Å². The van der Waals surface area contributed by atoms with Gasteiger partial charge in [-0.1, -0.05) is 0 Å². The Hall–Kier alpha value is -4.10. The number of hydrogen-bond acceptors (Lipinski definition) is 7. The number of fused-ring (bicyclic) bond motifs is 1. The lowest BCUT2D eigenvalue weighted by molar-refractivity contribution is -0.136. The van der Waals surface area contributed by atoms with Gasteiger partial charge in [-0.05, 0) is 43.3 Å². The summed E-state index contributed by atoms with van der Waals surface area (Å²) in [5, 5.41) is 14.5. The minimum absolute atomic E-state index is 0.219. The Kier molecular flexibility index (Phi) is 6.38. The molecule has 0 spiro atoms. The summed E-state index contributed by atoms with van der Waals surface area (Å²) in [6, 6.07) is 13.8. The quantitative estimate of drug-likeness (QED) is 0.255. The first-order chi connectivity index (χ1) is 16.3. The summed E-state index contributed by atoms with van der Waals surface area (Å²) in [7, 11) is 0. The molecule has 4 aromatic rings. The van der Waals surface area contributed by atoms with Gasteiger partial charge in [0.25, 0.3) is 0 Å². The lowest BCUT2D eigenvalue weighted by Gasteiger charge is -2.10. The Morgan fingerprint density at radius 3 is 2.68 bits per heavy atom. The number of alkyl halides is 3. The molecule has 1 N–H and O–H groups in total. The molecule has 0 fully saturated rings. The molecular weight excluding hydrogens is 467 g/mol. The molecule has 0 amide bonds. The zero-order valence-electron chi connectivity index (χ0n) is 17.6. The summed E-state index contributed by atoms with van der Waals surface area (Å²) in [5.74, 6) is 0.747. The third kappa shape index (κ3) is 4.94. The number of nitrogens with zero attached hydrogens (tertiary/aromatic N) is 2. The van der Waals surface area contributed by atoms with E-state index in [4.69, 9.17) is 9.15 Å². The second-order valence-electron chi connectivity index (χ2n) is 7.00. The van der Waals surface area contributed by atoms with Crippen LogP contribution in [0, 0.1) is 11.3 Å². The Balaban J connectivity index is 1.58. The topological polar surface area (TPSA) is 88.1 Å². The van der Waals surface area contributed by atoms with Gasteiger partial charge in [-0.25, -0.2) is 9.78 Å². The van der Waals surface area contributed by atoms with Crippen molar-refractivity contribution in [1.82, 2.24) is 4.98 Å². The molecule has 2 aromatic carbocycles. The average molecular weight is 483 g/mol. The first-order valence-electron chi connectivity index (χ1n) is 9.99. The van der Waals surface area contributed by atoms with Gasteiger partial charge in [-0.2, -0.15) is 18.4 Å². The third-order valence-corrected chi connectivity index (χ3v) is 5.62. The number of anilines is 1. The van der Waals surface area contributed by atoms with Gasteiger partial charge in [0.05, 0.1) is 17.9 Å². The Bertz CT molecular complexity index is 1470. The van der Waals surface area contributed by atoms with Crippen molar-refractivity contribution < 1.29 is 22.3 Å². The van der Waals surface area contributed by atoms with Crippen molar-refractivity contribution in [3.05, 3.63) is 81.1 Å². The molecule has 0 saturated carbocycles. The third-order valence-electron chi connectivity index (χ3n) is 4.75. The Morgan fingerprint density at radius 2 is 2.00 bits per heavy atom. The molecule has 2 aromatic heterocycles. The molecule has 6 nitrogen and oxygen atoms in total. The van der Waals surface area contributed by atoms with Gasteiger partial charge in [0.2, 0.25) is 0 Å². The van der Waals surface area contributed by atoms with E-state index in [1.54, 1.807) is 0 Å². The average Bonchev–Trinajstić information content (AvgIpc) is 3.29. The molecule has 4 rings (SSSR count). The SMILES string of the molecule is CCOc1ccc(-c2csc(/C(C#N)=C/Nc3ccc4c(C(F)(F)F)cc(=O)oc4c3)n2)cc1. The molecule has 2 heterocycles. The van der Waals surface area contributed by atoms with Crippen LogP contribution in [0.2, 0.25) is 0 Å². The lowest BCUT2D eigenvalue weighted by Crippen LogP contribution is -2.11. The van der Waals surface area contributed by atoms with E-state index in [0.717, 1.165) is 11.3 Å². The van der Waals surface area contributed by atoms with E-state index < -0.39 is 17.4 Å². The van der Waals surface area contributed by atoms with Gasteiger partial charge in [0.15, 0.2) is 0 Å². The maximum Gasteiger partial charge on any atom is 0.417 e. The lowest BCUT2D eigenvalue weighted by atomic mass is 10.1. The molecule has 0 aliphatic heterocycles. The van der Waals surface area contributed by atoms with Gasteiger partial charge in [-0.15, -0.1) is 11.3 Å². The van der Waals surface area contributed by atoms with Gasteiger partial charge < -0.3 is 14.5 Å².